The third-order valence-corrected chi connectivity index (χ3v) is 4.28. The Bertz CT molecular complexity index is 626. The van der Waals surface area contributed by atoms with Crippen LogP contribution in [0.25, 0.3) is 0 Å². The molecule has 0 aliphatic rings. The highest BCUT2D eigenvalue weighted by Gasteiger charge is 2.07. The minimum Gasteiger partial charge on any atom is -0.398 e. The first-order chi connectivity index (χ1) is 9.61. The molecular weight excluding hydrogens is 268 g/mol. The number of hydrogen-bond donors (Lipinski definition) is 2. The second-order valence-corrected chi connectivity index (χ2v) is 5.56. The van der Waals surface area contributed by atoms with Crippen molar-refractivity contribution in [2.45, 2.75) is 17.6 Å². The third kappa shape index (κ3) is 3.33. The summed E-state index contributed by atoms with van der Waals surface area (Å²) in [7, 11) is 1.61. The number of amides is 1. The fourth-order valence-corrected chi connectivity index (χ4v) is 2.92. The van der Waals surface area contributed by atoms with Crippen LogP contribution in [0, 0.1) is 6.92 Å². The van der Waals surface area contributed by atoms with Crippen molar-refractivity contribution >= 4 is 23.4 Å². The monoisotopic (exact) mass is 286 g/mol. The molecule has 0 atom stereocenters. The second kappa shape index (κ2) is 6.48. The number of thioether (sulfide) groups is 1. The summed E-state index contributed by atoms with van der Waals surface area (Å²) in [4.78, 5) is 12.5. The second-order valence-electron chi connectivity index (χ2n) is 4.55. The molecule has 0 aliphatic heterocycles. The maximum absolute atomic E-state index is 11.5. The van der Waals surface area contributed by atoms with Crippen LogP contribution >= 0.6 is 11.8 Å². The van der Waals surface area contributed by atoms with Gasteiger partial charge < -0.3 is 11.1 Å². The van der Waals surface area contributed by atoms with E-state index in [4.69, 9.17) is 5.73 Å². The fraction of sp³-hybridized carbons (Fsp3) is 0.188. The van der Waals surface area contributed by atoms with Gasteiger partial charge in [-0.05, 0) is 36.2 Å². The molecule has 2 aromatic rings. The Kier molecular flexibility index (Phi) is 4.69. The van der Waals surface area contributed by atoms with Crippen molar-refractivity contribution in [3.05, 3.63) is 59.2 Å². The molecule has 0 saturated carbocycles. The molecule has 0 aliphatic carbocycles. The molecule has 0 bridgehead atoms. The first kappa shape index (κ1) is 14.5. The van der Waals surface area contributed by atoms with Crippen molar-refractivity contribution in [3.63, 3.8) is 0 Å². The maximum atomic E-state index is 11.5. The first-order valence-electron chi connectivity index (χ1n) is 6.40. The molecule has 0 unspecified atom stereocenters. The van der Waals surface area contributed by atoms with Gasteiger partial charge in [-0.1, -0.05) is 24.3 Å². The highest BCUT2D eigenvalue weighted by atomic mass is 32.2. The summed E-state index contributed by atoms with van der Waals surface area (Å²) >= 11 is 1.69. The third-order valence-electron chi connectivity index (χ3n) is 3.14. The quantitative estimate of drug-likeness (QED) is 0.670. The lowest BCUT2D eigenvalue weighted by Gasteiger charge is -2.09. The molecule has 20 heavy (non-hydrogen) atoms. The van der Waals surface area contributed by atoms with Crippen molar-refractivity contribution in [1.82, 2.24) is 5.32 Å². The fourth-order valence-electron chi connectivity index (χ4n) is 1.89. The average Bonchev–Trinajstić information content (AvgIpc) is 2.46. The van der Waals surface area contributed by atoms with Crippen LogP contribution in [0.15, 0.2) is 47.4 Å². The summed E-state index contributed by atoms with van der Waals surface area (Å²) in [5.41, 5.74) is 9.82. The zero-order valence-corrected chi connectivity index (χ0v) is 12.5. The number of nitrogens with one attached hydrogen (secondary N) is 1. The van der Waals surface area contributed by atoms with Crippen LogP contribution in [-0.4, -0.2) is 13.0 Å². The lowest BCUT2D eigenvalue weighted by atomic mass is 10.1. The summed E-state index contributed by atoms with van der Waals surface area (Å²) in [6.45, 7) is 2.11. The van der Waals surface area contributed by atoms with E-state index in [2.05, 4.69) is 24.4 Å². The van der Waals surface area contributed by atoms with Crippen molar-refractivity contribution in [2.75, 3.05) is 12.8 Å². The molecule has 3 nitrogen and oxygen atoms in total. The lowest BCUT2D eigenvalue weighted by Crippen LogP contribution is -2.17. The SMILES string of the molecule is CNC(=O)c1ccc(SCc2ccccc2C)c(N)c1. The Hall–Kier alpha value is -1.94. The topological polar surface area (TPSA) is 55.1 Å². The zero-order chi connectivity index (χ0) is 14.5. The maximum Gasteiger partial charge on any atom is 0.251 e. The molecule has 2 rings (SSSR count). The van der Waals surface area contributed by atoms with E-state index in [-0.39, 0.29) is 5.91 Å². The average molecular weight is 286 g/mol. The Labute approximate surface area is 123 Å². The van der Waals surface area contributed by atoms with Gasteiger partial charge in [0.05, 0.1) is 0 Å². The van der Waals surface area contributed by atoms with Gasteiger partial charge in [-0.3, -0.25) is 4.79 Å². The number of anilines is 1. The van der Waals surface area contributed by atoms with Gasteiger partial charge in [-0.25, -0.2) is 0 Å². The summed E-state index contributed by atoms with van der Waals surface area (Å²) in [6.07, 6.45) is 0. The molecule has 0 fully saturated rings. The Morgan fingerprint density at radius 1 is 1.25 bits per heavy atom. The van der Waals surface area contributed by atoms with Crippen molar-refractivity contribution in [1.29, 1.82) is 0 Å². The van der Waals surface area contributed by atoms with Crippen LogP contribution in [-0.2, 0) is 5.75 Å². The Morgan fingerprint density at radius 3 is 2.65 bits per heavy atom. The molecule has 0 spiro atoms. The highest BCUT2D eigenvalue weighted by molar-refractivity contribution is 7.98. The van der Waals surface area contributed by atoms with Gasteiger partial charge in [0.1, 0.15) is 0 Å². The summed E-state index contributed by atoms with van der Waals surface area (Å²) in [6, 6.07) is 13.7. The van der Waals surface area contributed by atoms with E-state index in [9.17, 15) is 4.79 Å². The van der Waals surface area contributed by atoms with Gasteiger partial charge >= 0.3 is 0 Å². The van der Waals surface area contributed by atoms with Crippen LogP contribution in [0.3, 0.4) is 0 Å². The van der Waals surface area contributed by atoms with Crippen LogP contribution in [0.5, 0.6) is 0 Å². The first-order valence-corrected chi connectivity index (χ1v) is 7.39. The van der Waals surface area contributed by atoms with E-state index in [1.54, 1.807) is 30.9 Å². The van der Waals surface area contributed by atoms with Crippen LogP contribution in [0.4, 0.5) is 5.69 Å². The van der Waals surface area contributed by atoms with Gasteiger partial charge in [0.15, 0.2) is 0 Å². The molecule has 0 heterocycles. The molecule has 3 N–H and O–H groups in total. The zero-order valence-electron chi connectivity index (χ0n) is 11.6. The Balaban J connectivity index is 2.11. The van der Waals surface area contributed by atoms with Gasteiger partial charge in [0.25, 0.3) is 5.91 Å². The predicted molar refractivity (Wildman–Crippen MR) is 85.0 cm³/mol. The van der Waals surface area contributed by atoms with E-state index >= 15 is 0 Å². The molecule has 2 aromatic carbocycles. The van der Waals surface area contributed by atoms with E-state index in [1.807, 2.05) is 18.2 Å². The van der Waals surface area contributed by atoms with Crippen molar-refractivity contribution < 1.29 is 4.79 Å². The van der Waals surface area contributed by atoms with Gasteiger partial charge in [-0.15, -0.1) is 11.8 Å². The molecule has 104 valence electrons. The van der Waals surface area contributed by atoms with Gasteiger partial charge in [-0.2, -0.15) is 0 Å². The predicted octanol–water partition coefficient (Wildman–Crippen LogP) is 3.23. The number of rotatable bonds is 4. The number of hydrogen-bond acceptors (Lipinski definition) is 3. The molecular formula is C16H18N2OS. The van der Waals surface area contributed by atoms with Gasteiger partial charge in [0.2, 0.25) is 0 Å². The smallest absolute Gasteiger partial charge is 0.251 e. The van der Waals surface area contributed by atoms with Crippen molar-refractivity contribution in [3.8, 4) is 0 Å². The lowest BCUT2D eigenvalue weighted by molar-refractivity contribution is 0.0963. The summed E-state index contributed by atoms with van der Waals surface area (Å²) in [5.74, 6) is 0.753. The number of nitrogens with two attached hydrogens (primary N) is 1. The summed E-state index contributed by atoms with van der Waals surface area (Å²) in [5, 5.41) is 2.59. The Morgan fingerprint density at radius 2 is 2.00 bits per heavy atom. The molecule has 0 aromatic heterocycles. The molecule has 0 saturated heterocycles. The number of carbonyl (C=O) groups excluding carboxylic acids is 1. The number of aryl methyl sites for hydroxylation is 1. The number of carbonyl (C=O) groups is 1. The molecule has 0 radical (unpaired) electrons. The van der Waals surface area contributed by atoms with Crippen LogP contribution in [0.2, 0.25) is 0 Å². The van der Waals surface area contributed by atoms with Crippen LogP contribution in [0.1, 0.15) is 21.5 Å². The van der Waals surface area contributed by atoms with E-state index in [0.717, 1.165) is 10.6 Å². The number of nitrogen functional groups attached to an aromatic ring is 1. The number of benzene rings is 2. The van der Waals surface area contributed by atoms with E-state index in [0.29, 0.717) is 11.3 Å². The van der Waals surface area contributed by atoms with E-state index in [1.165, 1.54) is 11.1 Å². The minimum atomic E-state index is -0.118. The molecule has 1 amide bonds. The normalized spacial score (nSPS) is 10.3. The highest BCUT2D eigenvalue weighted by Crippen LogP contribution is 2.29. The summed E-state index contributed by atoms with van der Waals surface area (Å²) < 4.78 is 0. The minimum absolute atomic E-state index is 0.118. The van der Waals surface area contributed by atoms with Gasteiger partial charge in [0, 0.05) is 28.9 Å². The van der Waals surface area contributed by atoms with Crippen LogP contribution < -0.4 is 11.1 Å². The largest absolute Gasteiger partial charge is 0.398 e. The van der Waals surface area contributed by atoms with Crippen molar-refractivity contribution in [2.24, 2.45) is 0 Å². The standard InChI is InChI=1S/C16H18N2OS/c1-11-5-3-4-6-13(11)10-20-15-8-7-12(9-14(15)17)16(19)18-2/h3-9H,10,17H2,1-2H3,(H,18,19). The molecule has 4 heteroatoms. The van der Waals surface area contributed by atoms with E-state index < -0.39 is 0 Å².